The third-order valence-corrected chi connectivity index (χ3v) is 2.40. The highest BCUT2D eigenvalue weighted by Crippen LogP contribution is 2.20. The molecular weight excluding hydrogens is 252 g/mol. The largest absolute Gasteiger partial charge is 0.542 e. The van der Waals surface area contributed by atoms with E-state index in [-0.39, 0.29) is 11.6 Å². The molecule has 0 saturated carbocycles. The molecule has 7 heteroatoms. The number of fused-ring (bicyclic) bond motifs is 1. The van der Waals surface area contributed by atoms with E-state index in [1.165, 1.54) is 19.2 Å². The van der Waals surface area contributed by atoms with E-state index in [1.54, 1.807) is 12.1 Å². The van der Waals surface area contributed by atoms with Crippen LogP contribution in [0.5, 0.6) is 0 Å². The minimum absolute atomic E-state index is 0.0371. The molecule has 0 atom stereocenters. The summed E-state index contributed by atoms with van der Waals surface area (Å²) in [5.74, 6) is -1.73. The Morgan fingerprint density at radius 1 is 1.37 bits per heavy atom. The van der Waals surface area contributed by atoms with Gasteiger partial charge in [0.05, 0.1) is 7.11 Å². The number of methoxy groups -OCH3 is 1. The molecular formula is C12H9N2O5-. The molecule has 1 amide bonds. The minimum atomic E-state index is -1.41. The first-order chi connectivity index (χ1) is 9.01. The summed E-state index contributed by atoms with van der Waals surface area (Å²) in [5.41, 5.74) is 6.44. The molecule has 0 unspecified atom stereocenters. The van der Waals surface area contributed by atoms with Crippen molar-refractivity contribution in [2.45, 2.75) is 0 Å². The molecule has 0 fully saturated rings. The van der Waals surface area contributed by atoms with Crippen molar-refractivity contribution in [3.63, 3.8) is 0 Å². The first kappa shape index (κ1) is 12.6. The number of benzene rings is 1. The Kier molecular flexibility index (Phi) is 3.19. The Labute approximate surface area is 107 Å². The van der Waals surface area contributed by atoms with E-state index in [0.717, 1.165) is 0 Å². The molecule has 98 valence electrons. The second kappa shape index (κ2) is 4.81. The number of carbonyl (C=O) groups excluding carboxylic acids is 2. The minimum Gasteiger partial charge on any atom is -0.542 e. The van der Waals surface area contributed by atoms with Gasteiger partial charge in [0.25, 0.3) is 0 Å². The van der Waals surface area contributed by atoms with Gasteiger partial charge in [-0.05, 0) is 24.3 Å². The van der Waals surface area contributed by atoms with Crippen LogP contribution in [-0.4, -0.2) is 25.0 Å². The number of carboxylic acids is 1. The van der Waals surface area contributed by atoms with Crippen molar-refractivity contribution in [3.8, 4) is 0 Å². The van der Waals surface area contributed by atoms with Gasteiger partial charge in [0.15, 0.2) is 5.76 Å². The highest BCUT2D eigenvalue weighted by Gasteiger charge is 2.08. The van der Waals surface area contributed by atoms with Gasteiger partial charge in [-0.15, -0.1) is 0 Å². The SMILES string of the molecule is COC(=O)N=C(N)c1ccc2oc(C(=O)[O-])cc2c1. The highest BCUT2D eigenvalue weighted by molar-refractivity contribution is 6.05. The highest BCUT2D eigenvalue weighted by atomic mass is 16.5. The summed E-state index contributed by atoms with van der Waals surface area (Å²) in [6.45, 7) is 0. The zero-order valence-electron chi connectivity index (χ0n) is 9.88. The maximum Gasteiger partial charge on any atom is 0.435 e. The van der Waals surface area contributed by atoms with Gasteiger partial charge in [0.2, 0.25) is 0 Å². The topological polar surface area (TPSA) is 118 Å². The van der Waals surface area contributed by atoms with Crippen LogP contribution in [0.3, 0.4) is 0 Å². The number of carbonyl (C=O) groups is 2. The van der Waals surface area contributed by atoms with Crippen molar-refractivity contribution >= 4 is 28.9 Å². The van der Waals surface area contributed by atoms with E-state index >= 15 is 0 Å². The lowest BCUT2D eigenvalue weighted by atomic mass is 10.1. The first-order valence-corrected chi connectivity index (χ1v) is 5.18. The average Bonchev–Trinajstić information content (AvgIpc) is 2.81. The third-order valence-electron chi connectivity index (χ3n) is 2.40. The van der Waals surface area contributed by atoms with Crippen LogP contribution in [0.15, 0.2) is 33.7 Å². The van der Waals surface area contributed by atoms with Crippen LogP contribution in [-0.2, 0) is 4.74 Å². The smallest absolute Gasteiger partial charge is 0.435 e. The van der Waals surface area contributed by atoms with Crippen LogP contribution >= 0.6 is 0 Å². The number of nitrogens with zero attached hydrogens (tertiary/aromatic N) is 1. The monoisotopic (exact) mass is 261 g/mol. The summed E-state index contributed by atoms with van der Waals surface area (Å²) in [7, 11) is 1.19. The lowest BCUT2D eigenvalue weighted by Crippen LogP contribution is -2.21. The van der Waals surface area contributed by atoms with Crippen LogP contribution < -0.4 is 10.8 Å². The molecule has 1 heterocycles. The molecule has 0 aliphatic rings. The standard InChI is InChI=1S/C12H10N2O5/c1-18-12(17)14-10(13)6-2-3-8-7(4-6)5-9(19-8)11(15)16/h2-5H,1H3,(H,15,16)(H2,13,14,17)/p-1. The molecule has 1 aromatic heterocycles. The number of amides is 1. The van der Waals surface area contributed by atoms with Crippen molar-refractivity contribution in [2.24, 2.45) is 10.7 Å². The Hall–Kier alpha value is -2.83. The number of aliphatic imine (C=N–C) groups is 1. The van der Waals surface area contributed by atoms with Crippen molar-refractivity contribution in [2.75, 3.05) is 7.11 Å². The maximum absolute atomic E-state index is 11.0. The second-order valence-electron chi connectivity index (χ2n) is 3.62. The fourth-order valence-electron chi connectivity index (χ4n) is 1.51. The van der Waals surface area contributed by atoms with E-state index in [1.807, 2.05) is 0 Å². The molecule has 0 radical (unpaired) electrons. The zero-order valence-corrected chi connectivity index (χ0v) is 9.88. The van der Waals surface area contributed by atoms with Crippen molar-refractivity contribution < 1.29 is 23.8 Å². The lowest BCUT2D eigenvalue weighted by Gasteiger charge is -1.99. The molecule has 7 nitrogen and oxygen atoms in total. The number of furan rings is 1. The lowest BCUT2D eigenvalue weighted by molar-refractivity contribution is -0.256. The van der Waals surface area contributed by atoms with Gasteiger partial charge in [-0.1, -0.05) is 0 Å². The molecule has 1 aromatic carbocycles. The predicted molar refractivity (Wildman–Crippen MR) is 63.7 cm³/mol. The van der Waals surface area contributed by atoms with Gasteiger partial charge in [-0.2, -0.15) is 4.99 Å². The normalized spacial score (nSPS) is 11.5. The van der Waals surface area contributed by atoms with E-state index in [9.17, 15) is 14.7 Å². The average molecular weight is 261 g/mol. The van der Waals surface area contributed by atoms with Crippen molar-refractivity contribution in [1.82, 2.24) is 0 Å². The maximum atomic E-state index is 11.0. The molecule has 19 heavy (non-hydrogen) atoms. The Balaban J connectivity index is 2.44. The molecule has 2 N–H and O–H groups in total. The fourth-order valence-corrected chi connectivity index (χ4v) is 1.51. The number of carboxylic acid groups (broad SMARTS) is 1. The van der Waals surface area contributed by atoms with Gasteiger partial charge >= 0.3 is 6.09 Å². The summed E-state index contributed by atoms with van der Waals surface area (Å²) in [6, 6.07) is 5.93. The summed E-state index contributed by atoms with van der Waals surface area (Å²) >= 11 is 0. The number of hydrogen-bond donors (Lipinski definition) is 1. The molecule has 2 aromatic rings. The van der Waals surface area contributed by atoms with Gasteiger partial charge in [-0.3, -0.25) is 0 Å². The van der Waals surface area contributed by atoms with Gasteiger partial charge in [0.1, 0.15) is 17.4 Å². The Morgan fingerprint density at radius 3 is 2.74 bits per heavy atom. The fraction of sp³-hybridized carbons (Fsp3) is 0.0833. The Bertz CT molecular complexity index is 686. The van der Waals surface area contributed by atoms with E-state index in [0.29, 0.717) is 16.5 Å². The van der Waals surface area contributed by atoms with Gasteiger partial charge in [0, 0.05) is 10.9 Å². The summed E-state index contributed by atoms with van der Waals surface area (Å²) in [4.78, 5) is 25.1. The number of amidine groups is 1. The third kappa shape index (κ3) is 2.54. The summed E-state index contributed by atoms with van der Waals surface area (Å²) in [5, 5.41) is 11.2. The Morgan fingerprint density at radius 2 is 2.11 bits per heavy atom. The zero-order chi connectivity index (χ0) is 14.0. The van der Waals surface area contributed by atoms with Crippen LogP contribution in [0.25, 0.3) is 11.0 Å². The van der Waals surface area contributed by atoms with Gasteiger partial charge in [-0.25, -0.2) is 4.79 Å². The second-order valence-corrected chi connectivity index (χ2v) is 3.62. The molecule has 0 bridgehead atoms. The van der Waals surface area contributed by atoms with Crippen LogP contribution in [0.2, 0.25) is 0 Å². The van der Waals surface area contributed by atoms with Crippen LogP contribution in [0, 0.1) is 0 Å². The summed E-state index contributed by atoms with van der Waals surface area (Å²) in [6.07, 6.45) is -0.819. The molecule has 0 spiro atoms. The number of hydrogen-bond acceptors (Lipinski definition) is 5. The number of nitrogens with two attached hydrogens (primary N) is 1. The van der Waals surface area contributed by atoms with Crippen molar-refractivity contribution in [3.05, 3.63) is 35.6 Å². The van der Waals surface area contributed by atoms with Gasteiger partial charge < -0.3 is 24.8 Å². The van der Waals surface area contributed by atoms with Crippen LogP contribution in [0.1, 0.15) is 16.1 Å². The predicted octanol–water partition coefficient (Wildman–Crippen LogP) is 0.268. The number of ether oxygens (including phenoxy) is 1. The van der Waals surface area contributed by atoms with Crippen LogP contribution in [0.4, 0.5) is 4.79 Å². The molecule has 0 aliphatic carbocycles. The number of aromatic carboxylic acids is 1. The first-order valence-electron chi connectivity index (χ1n) is 5.18. The summed E-state index contributed by atoms with van der Waals surface area (Å²) < 4.78 is 9.39. The van der Waals surface area contributed by atoms with E-state index in [4.69, 9.17) is 10.2 Å². The van der Waals surface area contributed by atoms with E-state index in [2.05, 4.69) is 9.73 Å². The van der Waals surface area contributed by atoms with Crippen molar-refractivity contribution in [1.29, 1.82) is 0 Å². The quantitative estimate of drug-likeness (QED) is 0.612. The number of rotatable bonds is 2. The molecule has 0 aliphatic heterocycles. The molecule has 2 rings (SSSR count). The van der Waals surface area contributed by atoms with E-state index < -0.39 is 12.1 Å². The molecule has 0 saturated heterocycles.